The molecule has 1 heterocycles. The average molecular weight is 230 g/mol. The predicted molar refractivity (Wildman–Crippen MR) is 66.5 cm³/mol. The smallest absolute Gasteiger partial charge is 0.262 e. The highest BCUT2D eigenvalue weighted by atomic mass is 16.5. The number of aryl methyl sites for hydroxylation is 1. The Bertz CT molecular complexity index is 527. The van der Waals surface area contributed by atoms with Crippen molar-refractivity contribution in [2.24, 2.45) is 0 Å². The minimum Gasteiger partial charge on any atom is -0.491 e. The van der Waals surface area contributed by atoms with Gasteiger partial charge in [0.25, 0.3) is 5.88 Å². The molecule has 0 unspecified atom stereocenters. The van der Waals surface area contributed by atoms with Crippen molar-refractivity contribution in [2.75, 3.05) is 12.8 Å². The number of aromatic nitrogens is 1. The van der Waals surface area contributed by atoms with E-state index in [1.807, 2.05) is 19.1 Å². The van der Waals surface area contributed by atoms with Crippen LogP contribution in [0.2, 0.25) is 0 Å². The minimum atomic E-state index is 0.410. The van der Waals surface area contributed by atoms with Crippen LogP contribution in [0.4, 0.5) is 5.69 Å². The molecular formula is C13H14N2O2. The fourth-order valence-corrected chi connectivity index (χ4v) is 1.44. The monoisotopic (exact) mass is 230 g/mol. The third-order valence-corrected chi connectivity index (χ3v) is 2.33. The number of benzene rings is 1. The number of nitrogens with two attached hydrogens (primary N) is 1. The van der Waals surface area contributed by atoms with Gasteiger partial charge in [0.05, 0.1) is 12.8 Å². The van der Waals surface area contributed by atoms with Crippen LogP contribution >= 0.6 is 0 Å². The lowest BCUT2D eigenvalue weighted by atomic mass is 10.2. The van der Waals surface area contributed by atoms with Gasteiger partial charge in [-0.25, -0.2) is 4.98 Å². The van der Waals surface area contributed by atoms with Crippen LogP contribution in [0, 0.1) is 6.92 Å². The molecule has 0 amide bonds. The van der Waals surface area contributed by atoms with Crippen molar-refractivity contribution < 1.29 is 9.47 Å². The molecule has 0 radical (unpaired) electrons. The van der Waals surface area contributed by atoms with E-state index in [0.717, 1.165) is 5.56 Å². The van der Waals surface area contributed by atoms with E-state index >= 15 is 0 Å². The molecule has 0 saturated heterocycles. The van der Waals surface area contributed by atoms with E-state index < -0.39 is 0 Å². The van der Waals surface area contributed by atoms with Gasteiger partial charge in [0, 0.05) is 6.20 Å². The van der Waals surface area contributed by atoms with Gasteiger partial charge in [-0.05, 0) is 36.8 Å². The summed E-state index contributed by atoms with van der Waals surface area (Å²) in [5, 5.41) is 0. The third-order valence-electron chi connectivity index (χ3n) is 2.33. The first-order chi connectivity index (χ1) is 8.20. The molecule has 0 saturated carbocycles. The normalized spacial score (nSPS) is 10.0. The summed E-state index contributed by atoms with van der Waals surface area (Å²) >= 11 is 0. The first-order valence-corrected chi connectivity index (χ1v) is 5.23. The second-order valence-electron chi connectivity index (χ2n) is 3.65. The standard InChI is InChI=1S/C13H14N2O2/c1-9-5-6-10(14)12(8-9)17-13-11(16-2)4-3-7-15-13/h3-8H,14H2,1-2H3. The first-order valence-electron chi connectivity index (χ1n) is 5.23. The molecule has 2 N–H and O–H groups in total. The predicted octanol–water partition coefficient (Wildman–Crippen LogP) is 2.77. The summed E-state index contributed by atoms with van der Waals surface area (Å²) in [5.74, 6) is 1.57. The van der Waals surface area contributed by atoms with E-state index in [1.54, 1.807) is 31.5 Å². The molecule has 0 atom stereocenters. The van der Waals surface area contributed by atoms with Gasteiger partial charge in [-0.1, -0.05) is 6.07 Å². The molecule has 2 aromatic rings. The minimum absolute atomic E-state index is 0.410. The molecule has 0 aliphatic rings. The third kappa shape index (κ3) is 2.47. The lowest BCUT2D eigenvalue weighted by Crippen LogP contribution is -1.96. The van der Waals surface area contributed by atoms with Crippen LogP contribution in [0.3, 0.4) is 0 Å². The number of methoxy groups -OCH3 is 1. The molecular weight excluding hydrogens is 216 g/mol. The van der Waals surface area contributed by atoms with Gasteiger partial charge in [0.15, 0.2) is 11.5 Å². The van der Waals surface area contributed by atoms with Gasteiger partial charge in [0.1, 0.15) is 0 Å². The molecule has 0 aliphatic carbocycles. The zero-order chi connectivity index (χ0) is 12.3. The quantitative estimate of drug-likeness (QED) is 0.824. The Morgan fingerprint density at radius 1 is 1.18 bits per heavy atom. The van der Waals surface area contributed by atoms with Crippen LogP contribution in [0.25, 0.3) is 0 Å². The van der Waals surface area contributed by atoms with Gasteiger partial charge < -0.3 is 15.2 Å². The molecule has 0 aliphatic heterocycles. The van der Waals surface area contributed by atoms with Crippen molar-refractivity contribution in [3.8, 4) is 17.4 Å². The highest BCUT2D eigenvalue weighted by molar-refractivity contribution is 5.55. The summed E-state index contributed by atoms with van der Waals surface area (Å²) < 4.78 is 10.8. The van der Waals surface area contributed by atoms with Crippen molar-refractivity contribution >= 4 is 5.69 Å². The average Bonchev–Trinajstić information content (AvgIpc) is 2.34. The van der Waals surface area contributed by atoms with Crippen molar-refractivity contribution in [2.45, 2.75) is 6.92 Å². The van der Waals surface area contributed by atoms with Crippen molar-refractivity contribution in [3.05, 3.63) is 42.1 Å². The Kier molecular flexibility index (Phi) is 3.14. The van der Waals surface area contributed by atoms with E-state index in [-0.39, 0.29) is 0 Å². The van der Waals surface area contributed by atoms with Crippen LogP contribution in [-0.4, -0.2) is 12.1 Å². The fourth-order valence-electron chi connectivity index (χ4n) is 1.44. The molecule has 0 fully saturated rings. The van der Waals surface area contributed by atoms with Crippen molar-refractivity contribution in [3.63, 3.8) is 0 Å². The van der Waals surface area contributed by atoms with E-state index in [4.69, 9.17) is 15.2 Å². The highest BCUT2D eigenvalue weighted by Crippen LogP contribution is 2.32. The Morgan fingerprint density at radius 2 is 2.00 bits per heavy atom. The molecule has 0 spiro atoms. The maximum Gasteiger partial charge on any atom is 0.262 e. The maximum absolute atomic E-state index is 5.84. The number of anilines is 1. The second kappa shape index (κ2) is 4.74. The summed E-state index contributed by atoms with van der Waals surface area (Å²) in [4.78, 5) is 4.11. The summed E-state index contributed by atoms with van der Waals surface area (Å²) in [7, 11) is 1.57. The van der Waals surface area contributed by atoms with Gasteiger partial charge in [0.2, 0.25) is 0 Å². The number of hydrogen-bond donors (Lipinski definition) is 1. The first kappa shape index (κ1) is 11.3. The van der Waals surface area contributed by atoms with Crippen LogP contribution in [0.1, 0.15) is 5.56 Å². The zero-order valence-corrected chi connectivity index (χ0v) is 9.81. The van der Waals surface area contributed by atoms with Crippen LogP contribution in [0.5, 0.6) is 17.4 Å². The molecule has 4 nitrogen and oxygen atoms in total. The molecule has 1 aromatic heterocycles. The number of rotatable bonds is 3. The maximum atomic E-state index is 5.84. The van der Waals surface area contributed by atoms with Crippen molar-refractivity contribution in [1.29, 1.82) is 0 Å². The van der Waals surface area contributed by atoms with E-state index in [9.17, 15) is 0 Å². The topological polar surface area (TPSA) is 57.4 Å². The zero-order valence-electron chi connectivity index (χ0n) is 9.81. The number of pyridine rings is 1. The number of ether oxygens (including phenoxy) is 2. The van der Waals surface area contributed by atoms with Gasteiger partial charge >= 0.3 is 0 Å². The molecule has 4 heteroatoms. The second-order valence-corrected chi connectivity index (χ2v) is 3.65. The Hall–Kier alpha value is -2.23. The van der Waals surface area contributed by atoms with Crippen LogP contribution in [0.15, 0.2) is 36.5 Å². The van der Waals surface area contributed by atoms with Gasteiger partial charge in [-0.2, -0.15) is 0 Å². The Morgan fingerprint density at radius 3 is 2.76 bits per heavy atom. The Labute approximate surface area is 100 Å². The van der Waals surface area contributed by atoms with E-state index in [2.05, 4.69) is 4.98 Å². The van der Waals surface area contributed by atoms with Crippen molar-refractivity contribution in [1.82, 2.24) is 4.98 Å². The number of hydrogen-bond acceptors (Lipinski definition) is 4. The molecule has 88 valence electrons. The molecule has 0 bridgehead atoms. The lowest BCUT2D eigenvalue weighted by Gasteiger charge is -2.10. The summed E-state index contributed by atoms with van der Waals surface area (Å²) in [6.07, 6.45) is 1.64. The summed E-state index contributed by atoms with van der Waals surface area (Å²) in [6.45, 7) is 1.97. The highest BCUT2D eigenvalue weighted by Gasteiger charge is 2.08. The summed E-state index contributed by atoms with van der Waals surface area (Å²) in [6, 6.07) is 9.17. The fraction of sp³-hybridized carbons (Fsp3) is 0.154. The number of nitrogens with zero attached hydrogens (tertiary/aromatic N) is 1. The van der Waals surface area contributed by atoms with Crippen LogP contribution in [-0.2, 0) is 0 Å². The van der Waals surface area contributed by atoms with Gasteiger partial charge in [-0.15, -0.1) is 0 Å². The van der Waals surface area contributed by atoms with Gasteiger partial charge in [-0.3, -0.25) is 0 Å². The lowest BCUT2D eigenvalue weighted by molar-refractivity contribution is 0.370. The van der Waals surface area contributed by atoms with Crippen LogP contribution < -0.4 is 15.2 Å². The molecule has 1 aromatic carbocycles. The Balaban J connectivity index is 2.34. The SMILES string of the molecule is COc1cccnc1Oc1cc(C)ccc1N. The van der Waals surface area contributed by atoms with E-state index in [0.29, 0.717) is 23.1 Å². The molecule has 17 heavy (non-hydrogen) atoms. The molecule has 2 rings (SSSR count). The largest absolute Gasteiger partial charge is 0.491 e. The van der Waals surface area contributed by atoms with E-state index in [1.165, 1.54) is 0 Å². The summed E-state index contributed by atoms with van der Waals surface area (Å²) in [5.41, 5.74) is 7.48. The number of nitrogen functional groups attached to an aromatic ring is 1.